The van der Waals surface area contributed by atoms with Gasteiger partial charge in [0.2, 0.25) is 5.91 Å². The van der Waals surface area contributed by atoms with E-state index in [1.165, 1.54) is 0 Å². The van der Waals surface area contributed by atoms with Crippen molar-refractivity contribution in [3.05, 3.63) is 17.0 Å². The third kappa shape index (κ3) is 1.95. The number of hydrogen-bond acceptors (Lipinski definition) is 3. The van der Waals surface area contributed by atoms with Crippen LogP contribution in [0.1, 0.15) is 36.7 Å². The summed E-state index contributed by atoms with van der Waals surface area (Å²) in [5.41, 5.74) is 3.07. The smallest absolute Gasteiger partial charge is 0.226 e. The molecule has 2 N–H and O–H groups in total. The molecule has 1 aromatic heterocycles. The number of H-pyrrole nitrogens is 1. The van der Waals surface area contributed by atoms with Crippen LogP contribution < -0.4 is 5.32 Å². The van der Waals surface area contributed by atoms with Gasteiger partial charge >= 0.3 is 0 Å². The lowest BCUT2D eigenvalue weighted by Gasteiger charge is -2.13. The monoisotopic (exact) mass is 235 g/mol. The number of carbonyl (C=O) groups is 1. The van der Waals surface area contributed by atoms with E-state index in [1.807, 2.05) is 6.92 Å². The van der Waals surface area contributed by atoms with Gasteiger partial charge in [0.25, 0.3) is 0 Å². The molecule has 0 unspecified atom stereocenters. The molecule has 17 heavy (non-hydrogen) atoms. The highest BCUT2D eigenvalue weighted by Crippen LogP contribution is 2.45. The Balaban J connectivity index is 1.65. The molecule has 0 radical (unpaired) electrons. The molecule has 0 atom stereocenters. The maximum Gasteiger partial charge on any atom is 0.226 e. The minimum Gasteiger partial charge on any atom is -0.376 e. The van der Waals surface area contributed by atoms with E-state index in [1.54, 1.807) is 0 Å². The summed E-state index contributed by atoms with van der Waals surface area (Å²) in [6.07, 6.45) is 2.88. The van der Waals surface area contributed by atoms with Crippen LogP contribution in [0.4, 0.5) is 0 Å². The van der Waals surface area contributed by atoms with Crippen molar-refractivity contribution in [1.82, 2.24) is 15.5 Å². The molecule has 5 heteroatoms. The number of fused-ring (bicyclic) bond motifs is 1. The van der Waals surface area contributed by atoms with Crippen molar-refractivity contribution in [2.45, 2.75) is 39.3 Å². The van der Waals surface area contributed by atoms with Gasteiger partial charge in [-0.15, -0.1) is 0 Å². The normalized spacial score (nSPS) is 20.8. The average molecular weight is 235 g/mol. The van der Waals surface area contributed by atoms with Gasteiger partial charge < -0.3 is 10.1 Å². The third-order valence-corrected chi connectivity index (χ3v) is 3.75. The lowest BCUT2D eigenvalue weighted by Crippen LogP contribution is -2.30. The SMILES string of the molecule is CC1(C(=O)NCc2n[nH]c3c2COCC3)CC1. The molecule has 0 saturated heterocycles. The highest BCUT2D eigenvalue weighted by atomic mass is 16.5. The zero-order chi connectivity index (χ0) is 11.9. The van der Waals surface area contributed by atoms with E-state index < -0.39 is 0 Å². The number of amides is 1. The molecule has 5 nitrogen and oxygen atoms in total. The van der Waals surface area contributed by atoms with Crippen molar-refractivity contribution in [2.75, 3.05) is 6.61 Å². The fourth-order valence-electron chi connectivity index (χ4n) is 2.11. The Morgan fingerprint density at radius 3 is 3.18 bits per heavy atom. The van der Waals surface area contributed by atoms with E-state index in [2.05, 4.69) is 15.5 Å². The van der Waals surface area contributed by atoms with Crippen molar-refractivity contribution in [2.24, 2.45) is 5.41 Å². The number of carbonyl (C=O) groups excluding carboxylic acids is 1. The summed E-state index contributed by atoms with van der Waals surface area (Å²) in [5.74, 6) is 0.144. The van der Waals surface area contributed by atoms with Crippen molar-refractivity contribution < 1.29 is 9.53 Å². The maximum atomic E-state index is 11.8. The van der Waals surface area contributed by atoms with Crippen LogP contribution in [0.5, 0.6) is 0 Å². The average Bonchev–Trinajstić information content (AvgIpc) is 2.97. The van der Waals surface area contributed by atoms with Crippen LogP contribution in [0.2, 0.25) is 0 Å². The van der Waals surface area contributed by atoms with E-state index in [9.17, 15) is 4.79 Å². The molecule has 0 aromatic carbocycles. The molecule has 1 aliphatic heterocycles. The number of rotatable bonds is 3. The summed E-state index contributed by atoms with van der Waals surface area (Å²) in [5, 5.41) is 10.2. The molecule has 0 bridgehead atoms. The van der Waals surface area contributed by atoms with Gasteiger partial charge in [0.15, 0.2) is 0 Å². The topological polar surface area (TPSA) is 67.0 Å². The molecule has 1 aromatic rings. The number of nitrogens with zero attached hydrogens (tertiary/aromatic N) is 1. The fraction of sp³-hybridized carbons (Fsp3) is 0.667. The van der Waals surface area contributed by atoms with Crippen molar-refractivity contribution >= 4 is 5.91 Å². The van der Waals surface area contributed by atoms with Crippen molar-refractivity contribution in [1.29, 1.82) is 0 Å². The van der Waals surface area contributed by atoms with Crippen molar-refractivity contribution in [3.8, 4) is 0 Å². The quantitative estimate of drug-likeness (QED) is 0.818. The molecule has 92 valence electrons. The van der Waals surface area contributed by atoms with E-state index in [0.717, 1.165) is 42.8 Å². The molecule has 2 heterocycles. The Kier molecular flexibility index (Phi) is 2.43. The zero-order valence-electron chi connectivity index (χ0n) is 10.0. The highest BCUT2D eigenvalue weighted by molar-refractivity contribution is 5.84. The van der Waals surface area contributed by atoms with Gasteiger partial charge in [0, 0.05) is 23.1 Å². The summed E-state index contributed by atoms with van der Waals surface area (Å²) in [6, 6.07) is 0. The molecule has 0 spiro atoms. The Labute approximate surface area is 99.9 Å². The van der Waals surface area contributed by atoms with Crippen LogP contribution in [0.25, 0.3) is 0 Å². The maximum absolute atomic E-state index is 11.8. The van der Waals surface area contributed by atoms with Gasteiger partial charge in [0.1, 0.15) is 0 Å². The van der Waals surface area contributed by atoms with Crippen LogP contribution in [-0.4, -0.2) is 22.7 Å². The van der Waals surface area contributed by atoms with E-state index in [0.29, 0.717) is 13.2 Å². The number of nitrogens with one attached hydrogen (secondary N) is 2. The van der Waals surface area contributed by atoms with Gasteiger partial charge in [-0.2, -0.15) is 5.10 Å². The summed E-state index contributed by atoms with van der Waals surface area (Å²) >= 11 is 0. The zero-order valence-corrected chi connectivity index (χ0v) is 10.0. The van der Waals surface area contributed by atoms with Gasteiger partial charge in [0.05, 0.1) is 25.5 Å². The molecular formula is C12H17N3O2. The van der Waals surface area contributed by atoms with Crippen molar-refractivity contribution in [3.63, 3.8) is 0 Å². The summed E-state index contributed by atoms with van der Waals surface area (Å²) < 4.78 is 5.41. The molecule has 1 fully saturated rings. The first-order valence-electron chi connectivity index (χ1n) is 6.10. The Morgan fingerprint density at radius 2 is 2.41 bits per heavy atom. The summed E-state index contributed by atoms with van der Waals surface area (Å²) in [7, 11) is 0. The lowest BCUT2D eigenvalue weighted by atomic mass is 10.1. The van der Waals surface area contributed by atoms with E-state index in [4.69, 9.17) is 4.74 Å². The van der Waals surface area contributed by atoms with Gasteiger partial charge in [-0.25, -0.2) is 0 Å². The van der Waals surface area contributed by atoms with Crippen LogP contribution in [0.3, 0.4) is 0 Å². The Bertz CT molecular complexity index is 449. The number of ether oxygens (including phenoxy) is 1. The standard InChI is InChI=1S/C12H17N3O2/c1-12(3-4-12)11(16)13-6-10-8-7-17-5-2-9(8)14-15-10/h2-7H2,1H3,(H,13,16)(H,14,15). The first-order chi connectivity index (χ1) is 8.19. The summed E-state index contributed by atoms with van der Waals surface area (Å²) in [6.45, 7) is 3.86. The largest absolute Gasteiger partial charge is 0.376 e. The first-order valence-corrected chi connectivity index (χ1v) is 6.10. The highest BCUT2D eigenvalue weighted by Gasteiger charge is 2.44. The van der Waals surface area contributed by atoms with Crippen LogP contribution >= 0.6 is 0 Å². The van der Waals surface area contributed by atoms with Crippen LogP contribution in [0.15, 0.2) is 0 Å². The summed E-state index contributed by atoms with van der Waals surface area (Å²) in [4.78, 5) is 11.8. The molecule has 3 rings (SSSR count). The van der Waals surface area contributed by atoms with E-state index in [-0.39, 0.29) is 11.3 Å². The molecule has 1 saturated carbocycles. The number of hydrogen-bond donors (Lipinski definition) is 2. The van der Waals surface area contributed by atoms with E-state index >= 15 is 0 Å². The van der Waals surface area contributed by atoms with Gasteiger partial charge in [-0.3, -0.25) is 9.89 Å². The molecule has 1 amide bonds. The number of aromatic nitrogens is 2. The predicted molar refractivity (Wildman–Crippen MR) is 61.1 cm³/mol. The second-order valence-corrected chi connectivity index (χ2v) is 5.17. The first kappa shape index (κ1) is 10.8. The molecular weight excluding hydrogens is 218 g/mol. The minimum atomic E-state index is -0.118. The Hall–Kier alpha value is -1.36. The Morgan fingerprint density at radius 1 is 1.59 bits per heavy atom. The molecule has 1 aliphatic carbocycles. The third-order valence-electron chi connectivity index (χ3n) is 3.75. The van der Waals surface area contributed by atoms with Crippen LogP contribution in [-0.2, 0) is 29.1 Å². The lowest BCUT2D eigenvalue weighted by molar-refractivity contribution is -0.125. The second-order valence-electron chi connectivity index (χ2n) is 5.17. The number of aromatic amines is 1. The molecule has 2 aliphatic rings. The second kappa shape index (κ2) is 3.84. The predicted octanol–water partition coefficient (Wildman–Crippen LogP) is 0.899. The van der Waals surface area contributed by atoms with Gasteiger partial charge in [-0.1, -0.05) is 6.92 Å². The van der Waals surface area contributed by atoms with Crippen LogP contribution in [0, 0.1) is 5.41 Å². The van der Waals surface area contributed by atoms with Gasteiger partial charge in [-0.05, 0) is 12.8 Å². The minimum absolute atomic E-state index is 0.118. The fourth-order valence-corrected chi connectivity index (χ4v) is 2.11.